The van der Waals surface area contributed by atoms with Crippen molar-refractivity contribution in [2.75, 3.05) is 17.6 Å². The summed E-state index contributed by atoms with van der Waals surface area (Å²) in [6.07, 6.45) is 6.57. The summed E-state index contributed by atoms with van der Waals surface area (Å²) in [6, 6.07) is 0.266. The molecule has 2 rings (SSSR count). The molecule has 110 valence electrons. The maximum Gasteiger partial charge on any atom is 0.271 e. The van der Waals surface area contributed by atoms with Crippen LogP contribution in [-0.4, -0.2) is 39.5 Å². The van der Waals surface area contributed by atoms with Crippen LogP contribution in [-0.2, 0) is 0 Å². The second-order valence-corrected chi connectivity index (χ2v) is 6.34. The van der Waals surface area contributed by atoms with E-state index in [-0.39, 0.29) is 11.9 Å². The molecule has 1 amide bonds. The van der Waals surface area contributed by atoms with Gasteiger partial charge in [-0.25, -0.2) is 9.97 Å². The summed E-state index contributed by atoms with van der Waals surface area (Å²) in [6.45, 7) is 4.94. The summed E-state index contributed by atoms with van der Waals surface area (Å²) in [7, 11) is 0. The molecule has 1 aromatic rings. The SMILES string of the molecule is CCNc1cnc(C(=O)NC2CCCC2SCC)cn1. The minimum absolute atomic E-state index is 0.117. The van der Waals surface area contributed by atoms with E-state index >= 15 is 0 Å². The predicted molar refractivity (Wildman–Crippen MR) is 83.2 cm³/mol. The summed E-state index contributed by atoms with van der Waals surface area (Å²) < 4.78 is 0. The molecule has 0 radical (unpaired) electrons. The first-order valence-corrected chi connectivity index (χ1v) is 8.27. The standard InChI is InChI=1S/C14H22N4OS/c1-3-15-13-9-16-11(8-17-13)14(19)18-10-6-5-7-12(10)20-4-2/h8-10,12H,3-7H2,1-2H3,(H,15,17)(H,18,19). The largest absolute Gasteiger partial charge is 0.369 e. The average Bonchev–Trinajstić information content (AvgIpc) is 2.88. The Morgan fingerprint density at radius 3 is 2.85 bits per heavy atom. The number of thioether (sulfide) groups is 1. The number of carbonyl (C=O) groups excluding carboxylic acids is 1. The maximum atomic E-state index is 12.2. The van der Waals surface area contributed by atoms with E-state index in [1.165, 1.54) is 19.0 Å². The quantitative estimate of drug-likeness (QED) is 0.843. The van der Waals surface area contributed by atoms with Crippen molar-refractivity contribution in [2.24, 2.45) is 0 Å². The molecule has 6 heteroatoms. The van der Waals surface area contributed by atoms with Gasteiger partial charge in [-0.2, -0.15) is 11.8 Å². The lowest BCUT2D eigenvalue weighted by molar-refractivity contribution is 0.0933. The van der Waals surface area contributed by atoms with Gasteiger partial charge >= 0.3 is 0 Å². The first-order chi connectivity index (χ1) is 9.74. The maximum absolute atomic E-state index is 12.2. The second-order valence-electron chi connectivity index (χ2n) is 4.82. The number of rotatable bonds is 6. The zero-order valence-electron chi connectivity index (χ0n) is 12.1. The molecule has 1 aliphatic rings. The van der Waals surface area contributed by atoms with Crippen molar-refractivity contribution in [1.29, 1.82) is 0 Å². The summed E-state index contributed by atoms with van der Waals surface area (Å²) in [4.78, 5) is 20.5. The molecule has 0 saturated heterocycles. The highest BCUT2D eigenvalue weighted by Crippen LogP contribution is 2.29. The van der Waals surface area contributed by atoms with Crippen LogP contribution in [0.5, 0.6) is 0 Å². The van der Waals surface area contributed by atoms with Crippen molar-refractivity contribution in [1.82, 2.24) is 15.3 Å². The second kappa shape index (κ2) is 7.47. The lowest BCUT2D eigenvalue weighted by Gasteiger charge is -2.19. The van der Waals surface area contributed by atoms with Crippen LogP contribution in [0.2, 0.25) is 0 Å². The van der Waals surface area contributed by atoms with E-state index in [1.807, 2.05) is 18.7 Å². The van der Waals surface area contributed by atoms with Crippen LogP contribution in [0.3, 0.4) is 0 Å². The van der Waals surface area contributed by atoms with Gasteiger partial charge in [-0.1, -0.05) is 13.3 Å². The molecule has 0 aliphatic heterocycles. The van der Waals surface area contributed by atoms with E-state index < -0.39 is 0 Å². The Morgan fingerprint density at radius 2 is 2.20 bits per heavy atom. The Hall–Kier alpha value is -1.30. The molecular formula is C14H22N4OS. The number of hydrogen-bond donors (Lipinski definition) is 2. The fourth-order valence-electron chi connectivity index (χ4n) is 2.46. The van der Waals surface area contributed by atoms with Gasteiger partial charge in [-0.05, 0) is 25.5 Å². The van der Waals surface area contributed by atoms with Gasteiger partial charge in [0.25, 0.3) is 5.91 Å². The van der Waals surface area contributed by atoms with Crippen LogP contribution in [0.4, 0.5) is 5.82 Å². The van der Waals surface area contributed by atoms with Gasteiger partial charge in [0.05, 0.1) is 12.4 Å². The summed E-state index contributed by atoms with van der Waals surface area (Å²) in [5.74, 6) is 1.67. The van der Waals surface area contributed by atoms with Crippen molar-refractivity contribution in [2.45, 2.75) is 44.4 Å². The first-order valence-electron chi connectivity index (χ1n) is 7.23. The molecule has 1 aliphatic carbocycles. The number of anilines is 1. The summed E-state index contributed by atoms with van der Waals surface area (Å²) >= 11 is 1.93. The highest BCUT2D eigenvalue weighted by molar-refractivity contribution is 7.99. The van der Waals surface area contributed by atoms with E-state index in [9.17, 15) is 4.79 Å². The fourth-order valence-corrected chi connectivity index (χ4v) is 3.66. The number of aromatic nitrogens is 2. The van der Waals surface area contributed by atoms with Crippen LogP contribution >= 0.6 is 11.8 Å². The molecule has 1 aromatic heterocycles. The Balaban J connectivity index is 1.93. The number of carbonyl (C=O) groups is 1. The molecule has 0 aromatic carbocycles. The van der Waals surface area contributed by atoms with Crippen molar-refractivity contribution in [3.05, 3.63) is 18.1 Å². The van der Waals surface area contributed by atoms with Crippen molar-refractivity contribution < 1.29 is 4.79 Å². The third kappa shape index (κ3) is 3.85. The smallest absolute Gasteiger partial charge is 0.271 e. The molecular weight excluding hydrogens is 272 g/mol. The van der Waals surface area contributed by atoms with Gasteiger partial charge in [0.15, 0.2) is 0 Å². The Morgan fingerprint density at radius 1 is 1.35 bits per heavy atom. The molecule has 2 atom stereocenters. The van der Waals surface area contributed by atoms with Crippen LogP contribution < -0.4 is 10.6 Å². The van der Waals surface area contributed by atoms with Crippen LogP contribution in [0, 0.1) is 0 Å². The zero-order chi connectivity index (χ0) is 14.4. The molecule has 0 spiro atoms. The van der Waals surface area contributed by atoms with Crippen molar-refractivity contribution in [3.8, 4) is 0 Å². The van der Waals surface area contributed by atoms with Gasteiger partial charge in [-0.3, -0.25) is 4.79 Å². The van der Waals surface area contributed by atoms with Crippen molar-refractivity contribution >= 4 is 23.5 Å². The molecule has 1 fully saturated rings. The zero-order valence-corrected chi connectivity index (χ0v) is 12.9. The van der Waals surface area contributed by atoms with Gasteiger partial charge in [-0.15, -0.1) is 0 Å². The van der Waals surface area contributed by atoms with E-state index in [4.69, 9.17) is 0 Å². The molecule has 1 heterocycles. The minimum Gasteiger partial charge on any atom is -0.369 e. The van der Waals surface area contributed by atoms with Crippen LogP contribution in [0.1, 0.15) is 43.6 Å². The Bertz CT molecular complexity index is 437. The van der Waals surface area contributed by atoms with Crippen molar-refractivity contribution in [3.63, 3.8) is 0 Å². The van der Waals surface area contributed by atoms with Gasteiger partial charge < -0.3 is 10.6 Å². The number of amides is 1. The van der Waals surface area contributed by atoms with E-state index in [0.717, 1.165) is 18.7 Å². The van der Waals surface area contributed by atoms with Gasteiger partial charge in [0, 0.05) is 17.8 Å². The van der Waals surface area contributed by atoms with Crippen LogP contribution in [0.25, 0.3) is 0 Å². The normalized spacial score (nSPS) is 21.7. The number of nitrogens with one attached hydrogen (secondary N) is 2. The summed E-state index contributed by atoms with van der Waals surface area (Å²) in [5.41, 5.74) is 0.388. The number of hydrogen-bond acceptors (Lipinski definition) is 5. The highest BCUT2D eigenvalue weighted by Gasteiger charge is 2.28. The molecule has 5 nitrogen and oxygen atoms in total. The number of nitrogens with zero attached hydrogens (tertiary/aromatic N) is 2. The Labute approximate surface area is 124 Å². The molecule has 2 unspecified atom stereocenters. The van der Waals surface area contributed by atoms with E-state index in [0.29, 0.717) is 16.8 Å². The third-order valence-electron chi connectivity index (χ3n) is 3.39. The first kappa shape index (κ1) is 15.1. The molecule has 1 saturated carbocycles. The molecule has 2 N–H and O–H groups in total. The highest BCUT2D eigenvalue weighted by atomic mass is 32.2. The fraction of sp³-hybridized carbons (Fsp3) is 0.643. The van der Waals surface area contributed by atoms with Gasteiger partial charge in [0.2, 0.25) is 0 Å². The lowest BCUT2D eigenvalue weighted by atomic mass is 10.2. The van der Waals surface area contributed by atoms with E-state index in [1.54, 1.807) is 6.20 Å². The minimum atomic E-state index is -0.117. The topological polar surface area (TPSA) is 66.9 Å². The van der Waals surface area contributed by atoms with Gasteiger partial charge in [0.1, 0.15) is 11.5 Å². The third-order valence-corrected chi connectivity index (χ3v) is 4.72. The van der Waals surface area contributed by atoms with E-state index in [2.05, 4.69) is 27.5 Å². The molecule has 20 heavy (non-hydrogen) atoms. The summed E-state index contributed by atoms with van der Waals surface area (Å²) in [5, 5.41) is 6.70. The van der Waals surface area contributed by atoms with Crippen LogP contribution in [0.15, 0.2) is 12.4 Å². The Kier molecular flexibility index (Phi) is 5.64. The molecule has 0 bridgehead atoms. The average molecular weight is 294 g/mol. The monoisotopic (exact) mass is 294 g/mol. The predicted octanol–water partition coefficient (Wildman–Crippen LogP) is 2.31. The lowest BCUT2D eigenvalue weighted by Crippen LogP contribution is -2.39.